The third kappa shape index (κ3) is 2.57. The van der Waals surface area contributed by atoms with Crippen LogP contribution in [-0.4, -0.2) is 38.7 Å². The number of ether oxygens (including phenoxy) is 1. The summed E-state index contributed by atoms with van der Waals surface area (Å²) in [5.74, 6) is 2.04. The second-order valence-corrected chi connectivity index (χ2v) is 7.65. The summed E-state index contributed by atoms with van der Waals surface area (Å²) in [7, 11) is 0. The Bertz CT molecular complexity index is 869. The van der Waals surface area contributed by atoms with Crippen LogP contribution in [0.25, 0.3) is 0 Å². The standard InChI is InChI=1S/C19H24N6O2/c1-2-27-16-14(11-21-24-16)22-18-20-10-13-15(23-18)25(12-6-4-3-5-7-12)17(26)19(13)8-9-19/h10-12H,2-9H2,1H3,(H,21,24)(H,20,22,23). The number of H-pyrrole nitrogens is 1. The molecule has 27 heavy (non-hydrogen) atoms. The predicted molar refractivity (Wildman–Crippen MR) is 100 cm³/mol. The lowest BCUT2D eigenvalue weighted by atomic mass is 9.94. The van der Waals surface area contributed by atoms with Crippen molar-refractivity contribution in [2.24, 2.45) is 0 Å². The van der Waals surface area contributed by atoms with E-state index in [2.05, 4.69) is 20.5 Å². The van der Waals surface area contributed by atoms with Crippen LogP contribution in [0.1, 0.15) is 57.4 Å². The summed E-state index contributed by atoms with van der Waals surface area (Å²) in [5.41, 5.74) is 1.34. The molecule has 1 aliphatic heterocycles. The van der Waals surface area contributed by atoms with E-state index in [4.69, 9.17) is 9.72 Å². The average molecular weight is 368 g/mol. The fraction of sp³-hybridized carbons (Fsp3) is 0.579. The van der Waals surface area contributed by atoms with E-state index in [1.807, 2.05) is 18.0 Å². The fourth-order valence-corrected chi connectivity index (χ4v) is 4.42. The molecular formula is C19H24N6O2. The summed E-state index contributed by atoms with van der Waals surface area (Å²) >= 11 is 0. The zero-order chi connectivity index (χ0) is 18.4. The van der Waals surface area contributed by atoms with Gasteiger partial charge in [0.2, 0.25) is 17.7 Å². The molecule has 3 heterocycles. The zero-order valence-corrected chi connectivity index (χ0v) is 15.5. The van der Waals surface area contributed by atoms with Crippen molar-refractivity contribution in [2.75, 3.05) is 16.8 Å². The number of hydrogen-bond donors (Lipinski definition) is 2. The van der Waals surface area contributed by atoms with Gasteiger partial charge in [-0.1, -0.05) is 19.3 Å². The second-order valence-electron chi connectivity index (χ2n) is 7.65. The first-order valence-corrected chi connectivity index (χ1v) is 9.87. The summed E-state index contributed by atoms with van der Waals surface area (Å²) < 4.78 is 5.52. The number of carbonyl (C=O) groups excluding carboxylic acids is 1. The van der Waals surface area contributed by atoms with Crippen LogP contribution in [0.3, 0.4) is 0 Å². The molecule has 2 aliphatic carbocycles. The van der Waals surface area contributed by atoms with Crippen LogP contribution in [0.4, 0.5) is 17.5 Å². The quantitative estimate of drug-likeness (QED) is 0.842. The molecule has 142 valence electrons. The SMILES string of the molecule is CCOc1[nH]ncc1Nc1ncc2c(n1)N(C1CCCCC1)C(=O)C21CC1. The minimum absolute atomic E-state index is 0.231. The van der Waals surface area contributed by atoms with Crippen LogP contribution in [0.2, 0.25) is 0 Å². The fourth-order valence-electron chi connectivity index (χ4n) is 4.42. The number of hydrogen-bond acceptors (Lipinski definition) is 6. The average Bonchev–Trinajstić information content (AvgIpc) is 3.33. The van der Waals surface area contributed by atoms with Crippen molar-refractivity contribution < 1.29 is 9.53 Å². The molecule has 5 rings (SSSR count). The zero-order valence-electron chi connectivity index (χ0n) is 15.5. The summed E-state index contributed by atoms with van der Waals surface area (Å²) in [4.78, 5) is 24.4. The molecule has 2 saturated carbocycles. The van der Waals surface area contributed by atoms with Gasteiger partial charge in [0.25, 0.3) is 0 Å². The molecule has 0 radical (unpaired) electrons. The molecule has 1 amide bonds. The van der Waals surface area contributed by atoms with Crippen LogP contribution in [0, 0.1) is 0 Å². The van der Waals surface area contributed by atoms with Crippen molar-refractivity contribution >= 4 is 23.4 Å². The molecule has 1 spiro atoms. The largest absolute Gasteiger partial charge is 0.477 e. The Labute approximate surface area is 157 Å². The van der Waals surface area contributed by atoms with Gasteiger partial charge in [-0.15, -0.1) is 0 Å². The Morgan fingerprint density at radius 3 is 2.85 bits per heavy atom. The van der Waals surface area contributed by atoms with Gasteiger partial charge in [-0.3, -0.25) is 9.69 Å². The molecule has 2 aromatic heterocycles. The van der Waals surface area contributed by atoms with Gasteiger partial charge in [-0.25, -0.2) is 10.1 Å². The number of carbonyl (C=O) groups is 1. The van der Waals surface area contributed by atoms with E-state index in [0.29, 0.717) is 24.1 Å². The molecule has 8 heteroatoms. The van der Waals surface area contributed by atoms with Crippen molar-refractivity contribution in [3.05, 3.63) is 18.0 Å². The summed E-state index contributed by atoms with van der Waals surface area (Å²) in [6, 6.07) is 0.264. The normalized spacial score (nSPS) is 20.8. The van der Waals surface area contributed by atoms with Crippen molar-refractivity contribution in [3.8, 4) is 5.88 Å². The highest BCUT2D eigenvalue weighted by Gasteiger charge is 2.61. The smallest absolute Gasteiger partial charge is 0.239 e. The van der Waals surface area contributed by atoms with Gasteiger partial charge in [0.05, 0.1) is 18.2 Å². The van der Waals surface area contributed by atoms with Gasteiger partial charge >= 0.3 is 0 Å². The van der Waals surface area contributed by atoms with E-state index >= 15 is 0 Å². The van der Waals surface area contributed by atoms with Crippen LogP contribution >= 0.6 is 0 Å². The van der Waals surface area contributed by atoms with Crippen LogP contribution < -0.4 is 15.0 Å². The number of amides is 1. The topological polar surface area (TPSA) is 96.0 Å². The number of nitrogens with one attached hydrogen (secondary N) is 2. The van der Waals surface area contributed by atoms with Crippen LogP contribution in [0.15, 0.2) is 12.4 Å². The molecular weight excluding hydrogens is 344 g/mol. The van der Waals surface area contributed by atoms with Gasteiger partial charge in [-0.2, -0.15) is 10.1 Å². The number of nitrogens with zero attached hydrogens (tertiary/aromatic N) is 4. The molecule has 0 atom stereocenters. The van der Waals surface area contributed by atoms with Gasteiger partial charge in [0.15, 0.2) is 0 Å². The first kappa shape index (κ1) is 16.5. The lowest BCUT2D eigenvalue weighted by Crippen LogP contribution is -2.42. The van der Waals surface area contributed by atoms with Gasteiger partial charge < -0.3 is 10.1 Å². The Kier molecular flexibility index (Phi) is 3.80. The Balaban J connectivity index is 1.48. The monoisotopic (exact) mass is 368 g/mol. The maximum absolute atomic E-state index is 13.2. The van der Waals surface area contributed by atoms with Gasteiger partial charge in [-0.05, 0) is 32.6 Å². The minimum atomic E-state index is -0.350. The van der Waals surface area contributed by atoms with E-state index < -0.39 is 0 Å². The van der Waals surface area contributed by atoms with Crippen LogP contribution in [0.5, 0.6) is 5.88 Å². The molecule has 3 aliphatic rings. The van der Waals surface area contributed by atoms with E-state index in [1.165, 1.54) is 19.3 Å². The molecule has 2 N–H and O–H groups in total. The van der Waals surface area contributed by atoms with Crippen molar-refractivity contribution in [2.45, 2.75) is 63.3 Å². The third-order valence-electron chi connectivity index (χ3n) is 5.97. The lowest BCUT2D eigenvalue weighted by molar-refractivity contribution is -0.120. The Morgan fingerprint density at radius 1 is 1.30 bits per heavy atom. The summed E-state index contributed by atoms with van der Waals surface area (Å²) in [6.45, 7) is 2.45. The molecule has 0 saturated heterocycles. The van der Waals surface area contributed by atoms with E-state index in [-0.39, 0.29) is 17.4 Å². The number of aromatic nitrogens is 4. The van der Waals surface area contributed by atoms with Crippen LogP contribution in [-0.2, 0) is 10.2 Å². The first-order valence-electron chi connectivity index (χ1n) is 9.87. The summed E-state index contributed by atoms with van der Waals surface area (Å²) in [5, 5.41) is 10.00. The van der Waals surface area contributed by atoms with Crippen molar-refractivity contribution in [1.82, 2.24) is 20.2 Å². The molecule has 8 nitrogen and oxygen atoms in total. The highest BCUT2D eigenvalue weighted by molar-refractivity contribution is 6.09. The molecule has 2 fully saturated rings. The number of anilines is 3. The van der Waals surface area contributed by atoms with E-state index in [0.717, 1.165) is 37.1 Å². The number of aromatic amines is 1. The lowest BCUT2D eigenvalue weighted by Gasteiger charge is -2.31. The molecule has 2 aromatic rings. The predicted octanol–water partition coefficient (Wildman–Crippen LogP) is 3.05. The second kappa shape index (κ2) is 6.21. The molecule has 0 aromatic carbocycles. The molecule has 0 bridgehead atoms. The third-order valence-corrected chi connectivity index (χ3v) is 5.97. The minimum Gasteiger partial charge on any atom is -0.477 e. The Morgan fingerprint density at radius 2 is 2.11 bits per heavy atom. The Hall–Kier alpha value is -2.64. The highest BCUT2D eigenvalue weighted by Crippen LogP contribution is 2.57. The van der Waals surface area contributed by atoms with E-state index in [1.54, 1.807) is 6.20 Å². The van der Waals surface area contributed by atoms with Gasteiger partial charge in [0, 0.05) is 17.8 Å². The van der Waals surface area contributed by atoms with Gasteiger partial charge in [0.1, 0.15) is 11.5 Å². The maximum atomic E-state index is 13.2. The van der Waals surface area contributed by atoms with E-state index in [9.17, 15) is 4.79 Å². The first-order chi connectivity index (χ1) is 13.2. The number of fused-ring (bicyclic) bond motifs is 2. The maximum Gasteiger partial charge on any atom is 0.239 e. The summed E-state index contributed by atoms with van der Waals surface area (Å²) in [6.07, 6.45) is 11.0. The molecule has 0 unspecified atom stereocenters. The van der Waals surface area contributed by atoms with Crippen molar-refractivity contribution in [3.63, 3.8) is 0 Å². The number of rotatable bonds is 5. The van der Waals surface area contributed by atoms with Crippen molar-refractivity contribution in [1.29, 1.82) is 0 Å². The highest BCUT2D eigenvalue weighted by atomic mass is 16.5.